The monoisotopic (exact) mass is 477 g/mol. The third-order valence-corrected chi connectivity index (χ3v) is 7.81. The molecule has 184 valence electrons. The molecule has 0 fully saturated rings. The maximum atomic E-state index is 13.8. The van der Waals surface area contributed by atoms with Crippen molar-refractivity contribution in [2.45, 2.75) is 72.3 Å². The largest absolute Gasteiger partial charge is 0.478 e. The topological polar surface area (TPSA) is 97.0 Å². The number of fused-ring (bicyclic) bond motifs is 1. The van der Waals surface area contributed by atoms with Crippen molar-refractivity contribution in [1.82, 2.24) is 4.90 Å². The molecule has 0 saturated carbocycles. The first-order chi connectivity index (χ1) is 16.2. The smallest absolute Gasteiger partial charge is 0.335 e. The Labute approximate surface area is 204 Å². The first kappa shape index (κ1) is 23.4. The Kier molecular flexibility index (Phi) is 4.90. The number of Topliss-reactive ketones (excluding diaryl/α,β-unsaturated/α-hetero) is 1. The minimum Gasteiger partial charge on any atom is -0.478 e. The number of carboxylic acids is 1. The first-order valence-electron chi connectivity index (χ1n) is 11.9. The summed E-state index contributed by atoms with van der Waals surface area (Å²) in [6.45, 7) is 11.6. The summed E-state index contributed by atoms with van der Waals surface area (Å²) in [5.41, 5.74) is 1.84. The molecular weight excluding hydrogens is 446 g/mol. The number of hydrogen-bond acceptors (Lipinski definition) is 5. The summed E-state index contributed by atoms with van der Waals surface area (Å²) in [5, 5.41) is 10.7. The number of allylic oxidation sites excluding steroid dienone is 2. The van der Waals surface area contributed by atoms with Crippen LogP contribution in [-0.4, -0.2) is 40.3 Å². The number of carboxylic acid groups (broad SMARTS) is 1. The molecule has 1 aromatic carbocycles. The summed E-state index contributed by atoms with van der Waals surface area (Å²) in [7, 11) is 1.75. The van der Waals surface area contributed by atoms with Gasteiger partial charge in [-0.05, 0) is 50.8 Å². The number of nitrogens with zero attached hydrogens (tertiary/aromatic N) is 1. The highest BCUT2D eigenvalue weighted by atomic mass is 16.5. The fourth-order valence-corrected chi connectivity index (χ4v) is 5.77. The number of amides is 1. The number of likely N-dealkylation sites (N-methyl/N-ethyl adjacent to an activating group) is 1. The van der Waals surface area contributed by atoms with Crippen LogP contribution in [0.4, 0.5) is 0 Å². The third kappa shape index (κ3) is 3.43. The van der Waals surface area contributed by atoms with Crippen LogP contribution < -0.4 is 0 Å². The number of benzene rings is 1. The van der Waals surface area contributed by atoms with Crippen molar-refractivity contribution in [1.29, 1.82) is 0 Å². The number of carbonyl (C=O) groups is 3. The number of ketones is 1. The zero-order chi connectivity index (χ0) is 25.6. The van der Waals surface area contributed by atoms with E-state index in [1.807, 2.05) is 33.8 Å². The molecule has 0 unspecified atom stereocenters. The molecule has 5 rings (SSSR count). The second-order valence-corrected chi connectivity index (χ2v) is 11.5. The van der Waals surface area contributed by atoms with Crippen molar-refractivity contribution >= 4 is 28.6 Å². The Morgan fingerprint density at radius 1 is 1.03 bits per heavy atom. The lowest BCUT2D eigenvalue weighted by Crippen LogP contribution is -2.51. The van der Waals surface area contributed by atoms with E-state index in [-0.39, 0.29) is 22.7 Å². The molecule has 1 aliphatic carbocycles. The molecule has 1 N–H and O–H groups in total. The van der Waals surface area contributed by atoms with E-state index in [9.17, 15) is 19.5 Å². The number of aryl methyl sites for hydroxylation is 2. The van der Waals surface area contributed by atoms with Crippen LogP contribution in [0.15, 0.2) is 39.2 Å². The molecule has 0 spiro atoms. The van der Waals surface area contributed by atoms with Gasteiger partial charge in [0.1, 0.15) is 22.9 Å². The van der Waals surface area contributed by atoms with Crippen LogP contribution >= 0.6 is 0 Å². The van der Waals surface area contributed by atoms with E-state index in [1.165, 1.54) is 0 Å². The molecule has 1 amide bonds. The van der Waals surface area contributed by atoms with Crippen LogP contribution in [0.5, 0.6) is 0 Å². The van der Waals surface area contributed by atoms with Gasteiger partial charge in [0.15, 0.2) is 5.78 Å². The quantitative estimate of drug-likeness (QED) is 0.622. The Balaban J connectivity index is 1.86. The Hall–Kier alpha value is -3.35. The van der Waals surface area contributed by atoms with Gasteiger partial charge in [0.25, 0.3) is 5.91 Å². The summed E-state index contributed by atoms with van der Waals surface area (Å²) in [5.74, 6) is -0.356. The Morgan fingerprint density at radius 2 is 1.69 bits per heavy atom. The van der Waals surface area contributed by atoms with E-state index < -0.39 is 17.4 Å². The standard InChI is InChI=1S/C28H31NO6/c1-13-8-15-14(2)16(26(32)33)9-17(24(15)34-13)21-22-18(30)10-27(3,4)11-19(22)35-20-12-28(5,6)29(7)25(31)23(20)21/h8-9,21H,10-12H2,1-7H3,(H,32,33)/t21-/m0/s1. The van der Waals surface area contributed by atoms with Crippen LogP contribution in [0, 0.1) is 19.3 Å². The number of rotatable bonds is 2. The summed E-state index contributed by atoms with van der Waals surface area (Å²) in [6.07, 6.45) is 1.37. The Morgan fingerprint density at radius 3 is 2.34 bits per heavy atom. The predicted octanol–water partition coefficient (Wildman–Crippen LogP) is 5.40. The van der Waals surface area contributed by atoms with Gasteiger partial charge in [-0.1, -0.05) is 13.8 Å². The molecule has 0 radical (unpaired) electrons. The van der Waals surface area contributed by atoms with Crippen LogP contribution in [0.25, 0.3) is 11.0 Å². The summed E-state index contributed by atoms with van der Waals surface area (Å²) < 4.78 is 12.5. The minimum absolute atomic E-state index is 0.0815. The number of ether oxygens (including phenoxy) is 1. The van der Waals surface area contributed by atoms with Gasteiger partial charge in [0, 0.05) is 48.4 Å². The molecule has 1 aromatic heterocycles. The molecule has 3 aliphatic rings. The van der Waals surface area contributed by atoms with Crippen LogP contribution in [0.3, 0.4) is 0 Å². The maximum Gasteiger partial charge on any atom is 0.335 e. The fourth-order valence-electron chi connectivity index (χ4n) is 5.77. The maximum absolute atomic E-state index is 13.8. The van der Waals surface area contributed by atoms with Gasteiger partial charge in [0.2, 0.25) is 0 Å². The molecular formula is C28H31NO6. The SMILES string of the molecule is Cc1cc2c(C)c(C(=O)O)cc([C@H]3C4=C(CC(C)(C)CC4=O)OC4=C3C(=O)N(C)C(C)(C)C4)c2o1. The van der Waals surface area contributed by atoms with Gasteiger partial charge in [-0.3, -0.25) is 9.59 Å². The van der Waals surface area contributed by atoms with Gasteiger partial charge in [-0.15, -0.1) is 0 Å². The first-order valence-corrected chi connectivity index (χ1v) is 11.9. The predicted molar refractivity (Wildman–Crippen MR) is 130 cm³/mol. The third-order valence-electron chi connectivity index (χ3n) is 7.81. The van der Waals surface area contributed by atoms with Crippen molar-refractivity contribution < 1.29 is 28.6 Å². The number of hydrogen-bond donors (Lipinski definition) is 1. The molecule has 3 heterocycles. The van der Waals surface area contributed by atoms with E-state index in [2.05, 4.69) is 0 Å². The lowest BCUT2D eigenvalue weighted by atomic mass is 9.68. The van der Waals surface area contributed by atoms with Crippen molar-refractivity contribution in [3.05, 3.63) is 57.2 Å². The van der Waals surface area contributed by atoms with Gasteiger partial charge in [-0.2, -0.15) is 0 Å². The van der Waals surface area contributed by atoms with E-state index in [4.69, 9.17) is 9.15 Å². The van der Waals surface area contributed by atoms with Crippen molar-refractivity contribution in [2.75, 3.05) is 7.05 Å². The van der Waals surface area contributed by atoms with Crippen molar-refractivity contribution in [2.24, 2.45) is 5.41 Å². The van der Waals surface area contributed by atoms with E-state index in [0.717, 1.165) is 0 Å². The van der Waals surface area contributed by atoms with Crippen LogP contribution in [0.1, 0.15) is 80.1 Å². The number of furan rings is 1. The van der Waals surface area contributed by atoms with Crippen LogP contribution in [0.2, 0.25) is 0 Å². The summed E-state index contributed by atoms with van der Waals surface area (Å²) in [4.78, 5) is 41.3. The normalized spacial score (nSPS) is 23.4. The van der Waals surface area contributed by atoms with Crippen molar-refractivity contribution in [3.8, 4) is 0 Å². The molecule has 35 heavy (non-hydrogen) atoms. The lowest BCUT2D eigenvalue weighted by molar-refractivity contribution is -0.133. The van der Waals surface area contributed by atoms with E-state index in [0.29, 0.717) is 69.8 Å². The molecule has 7 heteroatoms. The van der Waals surface area contributed by atoms with Gasteiger partial charge < -0.3 is 19.2 Å². The Bertz CT molecular complexity index is 1400. The average molecular weight is 478 g/mol. The van der Waals surface area contributed by atoms with Gasteiger partial charge in [-0.25, -0.2) is 4.79 Å². The van der Waals surface area contributed by atoms with Gasteiger partial charge in [0.05, 0.1) is 17.1 Å². The zero-order valence-electron chi connectivity index (χ0n) is 21.3. The van der Waals surface area contributed by atoms with E-state index in [1.54, 1.807) is 31.9 Å². The summed E-state index contributed by atoms with van der Waals surface area (Å²) >= 11 is 0. The fraction of sp³-hybridized carbons (Fsp3) is 0.464. The molecule has 1 atom stereocenters. The average Bonchev–Trinajstić information content (AvgIpc) is 3.12. The molecule has 0 bridgehead atoms. The van der Waals surface area contributed by atoms with E-state index >= 15 is 0 Å². The highest BCUT2D eigenvalue weighted by Crippen LogP contribution is 2.53. The molecule has 2 aliphatic heterocycles. The van der Waals surface area contributed by atoms with Crippen LogP contribution in [-0.2, 0) is 14.3 Å². The second kappa shape index (κ2) is 7.33. The lowest BCUT2D eigenvalue weighted by Gasteiger charge is -2.46. The van der Waals surface area contributed by atoms with Gasteiger partial charge >= 0.3 is 5.97 Å². The highest BCUT2D eigenvalue weighted by Gasteiger charge is 2.50. The summed E-state index contributed by atoms with van der Waals surface area (Å²) in [6, 6.07) is 3.39. The zero-order valence-corrected chi connectivity index (χ0v) is 21.3. The molecule has 2 aromatic rings. The number of aromatic carboxylic acids is 1. The number of carbonyl (C=O) groups excluding carboxylic acids is 2. The highest BCUT2D eigenvalue weighted by molar-refractivity contribution is 6.07. The molecule has 7 nitrogen and oxygen atoms in total. The molecule has 0 saturated heterocycles. The minimum atomic E-state index is -1.07. The second-order valence-electron chi connectivity index (χ2n) is 11.5. The van der Waals surface area contributed by atoms with Crippen molar-refractivity contribution in [3.63, 3.8) is 0 Å².